The first-order chi connectivity index (χ1) is 8.09. The molecule has 3 nitrogen and oxygen atoms in total. The second-order valence-corrected chi connectivity index (χ2v) is 6.05. The minimum Gasteiger partial charge on any atom is -0.480 e. The van der Waals surface area contributed by atoms with Crippen LogP contribution in [0.25, 0.3) is 0 Å². The van der Waals surface area contributed by atoms with Crippen LogP contribution in [0.2, 0.25) is 0 Å². The molecule has 2 aliphatic rings. The molecule has 1 saturated carbocycles. The predicted octanol–water partition coefficient (Wildman–Crippen LogP) is 2.75. The van der Waals surface area contributed by atoms with Gasteiger partial charge in [0.05, 0.1) is 0 Å². The summed E-state index contributed by atoms with van der Waals surface area (Å²) in [4.78, 5) is 13.7. The second-order valence-electron chi connectivity index (χ2n) is 6.05. The summed E-state index contributed by atoms with van der Waals surface area (Å²) < 4.78 is 0. The van der Waals surface area contributed by atoms with Gasteiger partial charge in [-0.15, -0.1) is 0 Å². The van der Waals surface area contributed by atoms with Crippen LogP contribution < -0.4 is 0 Å². The fourth-order valence-corrected chi connectivity index (χ4v) is 3.59. The van der Waals surface area contributed by atoms with Crippen LogP contribution in [0, 0.1) is 11.8 Å². The first kappa shape index (κ1) is 12.9. The summed E-state index contributed by atoms with van der Waals surface area (Å²) in [6.45, 7) is 5.39. The Balaban J connectivity index is 2.04. The Hall–Kier alpha value is -0.570. The summed E-state index contributed by atoms with van der Waals surface area (Å²) in [6.07, 6.45) is 7.15. The standard InChI is InChI=1S/C14H25NO2/c1-10-5-7-12(8-6-10)15-9-3-4-11(2)13(15)14(16)17/h10-13H,3-9H2,1-2H3,(H,16,17). The molecule has 0 aromatic heterocycles. The fraction of sp³-hybridized carbons (Fsp3) is 0.929. The number of nitrogens with zero attached hydrogens (tertiary/aromatic N) is 1. The van der Waals surface area contributed by atoms with E-state index in [1.807, 2.05) is 0 Å². The van der Waals surface area contributed by atoms with Crippen molar-refractivity contribution in [2.75, 3.05) is 6.54 Å². The zero-order valence-electron chi connectivity index (χ0n) is 11.1. The molecule has 0 bridgehead atoms. The van der Waals surface area contributed by atoms with Crippen LogP contribution in [-0.4, -0.2) is 34.6 Å². The molecule has 1 heterocycles. The zero-order chi connectivity index (χ0) is 12.4. The molecule has 17 heavy (non-hydrogen) atoms. The number of carboxylic acid groups (broad SMARTS) is 1. The van der Waals surface area contributed by atoms with Crippen molar-refractivity contribution in [3.63, 3.8) is 0 Å². The number of carbonyl (C=O) groups is 1. The van der Waals surface area contributed by atoms with Gasteiger partial charge in [-0.2, -0.15) is 0 Å². The maximum absolute atomic E-state index is 11.4. The van der Waals surface area contributed by atoms with Crippen molar-refractivity contribution in [3.8, 4) is 0 Å². The molecule has 0 amide bonds. The van der Waals surface area contributed by atoms with Gasteiger partial charge >= 0.3 is 5.97 Å². The lowest BCUT2D eigenvalue weighted by atomic mass is 9.82. The first-order valence-corrected chi connectivity index (χ1v) is 7.08. The average Bonchev–Trinajstić information content (AvgIpc) is 2.29. The van der Waals surface area contributed by atoms with Crippen molar-refractivity contribution in [1.82, 2.24) is 4.90 Å². The number of carboxylic acids is 1. The van der Waals surface area contributed by atoms with E-state index < -0.39 is 5.97 Å². The van der Waals surface area contributed by atoms with Crippen LogP contribution in [0.5, 0.6) is 0 Å². The summed E-state index contributed by atoms with van der Waals surface area (Å²) in [6, 6.07) is 0.289. The molecule has 2 fully saturated rings. The van der Waals surface area contributed by atoms with Crippen molar-refractivity contribution >= 4 is 5.97 Å². The molecule has 98 valence electrons. The number of hydrogen-bond donors (Lipinski definition) is 1. The summed E-state index contributed by atoms with van der Waals surface area (Å²) in [5.41, 5.74) is 0. The number of rotatable bonds is 2. The van der Waals surface area contributed by atoms with E-state index in [-0.39, 0.29) is 6.04 Å². The first-order valence-electron chi connectivity index (χ1n) is 7.08. The number of piperidine rings is 1. The molecular formula is C14H25NO2. The van der Waals surface area contributed by atoms with Crippen molar-refractivity contribution in [3.05, 3.63) is 0 Å². The van der Waals surface area contributed by atoms with Gasteiger partial charge in [0.1, 0.15) is 6.04 Å². The van der Waals surface area contributed by atoms with Crippen molar-refractivity contribution in [1.29, 1.82) is 0 Å². The molecule has 2 rings (SSSR count). The Morgan fingerprint density at radius 1 is 1.12 bits per heavy atom. The number of likely N-dealkylation sites (tertiary alicyclic amines) is 1. The smallest absolute Gasteiger partial charge is 0.321 e. The van der Waals surface area contributed by atoms with Crippen molar-refractivity contribution < 1.29 is 9.90 Å². The summed E-state index contributed by atoms with van der Waals surface area (Å²) in [5, 5.41) is 9.42. The second kappa shape index (κ2) is 5.38. The Labute approximate surface area is 104 Å². The van der Waals surface area contributed by atoms with Gasteiger partial charge in [-0.05, 0) is 56.9 Å². The van der Waals surface area contributed by atoms with E-state index in [4.69, 9.17) is 0 Å². The van der Waals surface area contributed by atoms with Crippen LogP contribution in [0.3, 0.4) is 0 Å². The normalized spacial score (nSPS) is 40.1. The highest BCUT2D eigenvalue weighted by Crippen LogP contribution is 2.33. The highest BCUT2D eigenvalue weighted by Gasteiger charge is 2.38. The third-order valence-electron chi connectivity index (χ3n) is 4.68. The van der Waals surface area contributed by atoms with Gasteiger partial charge in [-0.3, -0.25) is 9.69 Å². The van der Waals surface area contributed by atoms with Gasteiger partial charge in [0.2, 0.25) is 0 Å². The average molecular weight is 239 g/mol. The van der Waals surface area contributed by atoms with Crippen LogP contribution in [0.1, 0.15) is 52.4 Å². The van der Waals surface area contributed by atoms with Gasteiger partial charge in [0, 0.05) is 6.04 Å². The SMILES string of the molecule is CC1CCC(N2CCCC(C)C2C(=O)O)CC1. The molecule has 1 aliphatic heterocycles. The molecule has 0 aromatic carbocycles. The summed E-state index contributed by atoms with van der Waals surface area (Å²) in [5.74, 6) is 0.521. The highest BCUT2D eigenvalue weighted by atomic mass is 16.4. The molecule has 1 N–H and O–H groups in total. The van der Waals surface area contributed by atoms with E-state index in [0.717, 1.165) is 25.3 Å². The number of aliphatic carboxylic acids is 1. The zero-order valence-corrected chi connectivity index (χ0v) is 11.1. The van der Waals surface area contributed by atoms with Crippen molar-refractivity contribution in [2.24, 2.45) is 11.8 Å². The molecular weight excluding hydrogens is 214 g/mol. The minimum atomic E-state index is -0.615. The molecule has 2 unspecified atom stereocenters. The lowest BCUT2D eigenvalue weighted by Crippen LogP contribution is -2.54. The molecule has 3 heteroatoms. The molecule has 1 saturated heterocycles. The van der Waals surface area contributed by atoms with E-state index in [9.17, 15) is 9.90 Å². The van der Waals surface area contributed by atoms with Crippen molar-refractivity contribution in [2.45, 2.75) is 64.5 Å². The van der Waals surface area contributed by atoms with Crippen LogP contribution in [-0.2, 0) is 4.79 Å². The lowest BCUT2D eigenvalue weighted by molar-refractivity contribution is -0.148. The quantitative estimate of drug-likeness (QED) is 0.805. The van der Waals surface area contributed by atoms with E-state index in [0.29, 0.717) is 12.0 Å². The fourth-order valence-electron chi connectivity index (χ4n) is 3.59. The summed E-state index contributed by atoms with van der Waals surface area (Å²) >= 11 is 0. The molecule has 2 atom stereocenters. The minimum absolute atomic E-state index is 0.234. The van der Waals surface area contributed by atoms with Gasteiger partial charge in [-0.25, -0.2) is 0 Å². The third kappa shape index (κ3) is 2.82. The summed E-state index contributed by atoms with van der Waals surface area (Å²) in [7, 11) is 0. The maximum Gasteiger partial charge on any atom is 0.321 e. The predicted molar refractivity (Wildman–Crippen MR) is 67.9 cm³/mol. The van der Waals surface area contributed by atoms with Crippen LogP contribution in [0.4, 0.5) is 0 Å². The topological polar surface area (TPSA) is 40.5 Å². The van der Waals surface area contributed by atoms with Crippen LogP contribution >= 0.6 is 0 Å². The van der Waals surface area contributed by atoms with Gasteiger partial charge < -0.3 is 5.11 Å². The van der Waals surface area contributed by atoms with E-state index in [1.165, 1.54) is 25.7 Å². The number of hydrogen-bond acceptors (Lipinski definition) is 2. The van der Waals surface area contributed by atoms with E-state index >= 15 is 0 Å². The highest BCUT2D eigenvalue weighted by molar-refractivity contribution is 5.74. The molecule has 0 aromatic rings. The lowest BCUT2D eigenvalue weighted by Gasteiger charge is -2.44. The van der Waals surface area contributed by atoms with Gasteiger partial charge in [-0.1, -0.05) is 13.8 Å². The molecule has 0 radical (unpaired) electrons. The maximum atomic E-state index is 11.4. The Morgan fingerprint density at radius 2 is 1.76 bits per heavy atom. The van der Waals surface area contributed by atoms with E-state index in [2.05, 4.69) is 18.7 Å². The molecule has 0 spiro atoms. The Bertz CT molecular complexity index is 271. The van der Waals surface area contributed by atoms with Gasteiger partial charge in [0.25, 0.3) is 0 Å². The Morgan fingerprint density at radius 3 is 2.35 bits per heavy atom. The van der Waals surface area contributed by atoms with Gasteiger partial charge in [0.15, 0.2) is 0 Å². The molecule has 1 aliphatic carbocycles. The van der Waals surface area contributed by atoms with Crippen LogP contribution in [0.15, 0.2) is 0 Å². The monoisotopic (exact) mass is 239 g/mol. The van der Waals surface area contributed by atoms with E-state index in [1.54, 1.807) is 0 Å². The Kier molecular flexibility index (Phi) is 4.08. The largest absolute Gasteiger partial charge is 0.480 e. The third-order valence-corrected chi connectivity index (χ3v) is 4.68.